The summed E-state index contributed by atoms with van der Waals surface area (Å²) in [5.41, 5.74) is 1.06. The Kier molecular flexibility index (Phi) is 6.22. The van der Waals surface area contributed by atoms with Crippen LogP contribution in [0.15, 0.2) is 53.9 Å². The molecule has 0 radical (unpaired) electrons. The topological polar surface area (TPSA) is 75.7 Å². The molecule has 6 nitrogen and oxygen atoms in total. The van der Waals surface area contributed by atoms with Gasteiger partial charge in [-0.15, -0.1) is 0 Å². The highest BCUT2D eigenvalue weighted by Gasteiger charge is 2.38. The van der Waals surface area contributed by atoms with Gasteiger partial charge in [-0.3, -0.25) is 9.52 Å². The van der Waals surface area contributed by atoms with E-state index in [1.807, 2.05) is 58.0 Å². The van der Waals surface area contributed by atoms with Crippen LogP contribution in [0, 0.1) is 11.3 Å². The van der Waals surface area contributed by atoms with Crippen molar-refractivity contribution < 1.29 is 17.9 Å². The number of sulfonamides is 1. The van der Waals surface area contributed by atoms with Crippen LogP contribution < -0.4 is 14.4 Å². The SMILES string of the molecule is CC(C)CN1C(=O)C(C)(C)COc2ccc(NS(=O)(=O)/C=C/c3ccccc3)cc21. The molecule has 1 heterocycles. The summed E-state index contributed by atoms with van der Waals surface area (Å²) in [5, 5.41) is 1.13. The van der Waals surface area contributed by atoms with Crippen molar-refractivity contribution in [2.24, 2.45) is 11.3 Å². The van der Waals surface area contributed by atoms with Crippen LogP contribution in [0.2, 0.25) is 0 Å². The van der Waals surface area contributed by atoms with E-state index in [2.05, 4.69) is 4.72 Å². The van der Waals surface area contributed by atoms with Crippen molar-refractivity contribution in [3.8, 4) is 5.75 Å². The van der Waals surface area contributed by atoms with Gasteiger partial charge in [0.05, 0.1) is 22.2 Å². The molecular formula is C23H28N2O4S. The van der Waals surface area contributed by atoms with E-state index in [-0.39, 0.29) is 18.4 Å². The Morgan fingerprint density at radius 2 is 1.87 bits per heavy atom. The number of amides is 1. The van der Waals surface area contributed by atoms with E-state index in [1.165, 1.54) is 6.08 Å². The third-order valence-electron chi connectivity index (χ3n) is 4.71. The highest BCUT2D eigenvalue weighted by Crippen LogP contribution is 2.38. The van der Waals surface area contributed by atoms with Gasteiger partial charge in [-0.1, -0.05) is 44.2 Å². The first-order valence-electron chi connectivity index (χ1n) is 9.92. The molecule has 0 spiro atoms. The minimum atomic E-state index is -3.72. The number of carbonyl (C=O) groups is 1. The first-order valence-corrected chi connectivity index (χ1v) is 11.5. The van der Waals surface area contributed by atoms with Gasteiger partial charge in [0.1, 0.15) is 12.4 Å². The molecule has 0 bridgehead atoms. The molecular weight excluding hydrogens is 400 g/mol. The minimum absolute atomic E-state index is 0.0427. The second-order valence-electron chi connectivity index (χ2n) is 8.53. The molecule has 0 unspecified atom stereocenters. The van der Waals surface area contributed by atoms with E-state index in [0.29, 0.717) is 23.7 Å². The predicted octanol–water partition coefficient (Wildman–Crippen LogP) is 4.51. The Morgan fingerprint density at radius 1 is 1.17 bits per heavy atom. The molecule has 0 aliphatic carbocycles. The van der Waals surface area contributed by atoms with Crippen molar-refractivity contribution in [2.45, 2.75) is 27.7 Å². The molecule has 30 heavy (non-hydrogen) atoms. The van der Waals surface area contributed by atoms with Crippen LogP contribution in [-0.2, 0) is 14.8 Å². The smallest absolute Gasteiger partial charge is 0.255 e. The molecule has 0 fully saturated rings. The number of fused-ring (bicyclic) bond motifs is 1. The van der Waals surface area contributed by atoms with Crippen LogP contribution in [0.5, 0.6) is 5.75 Å². The van der Waals surface area contributed by atoms with Gasteiger partial charge < -0.3 is 9.64 Å². The standard InChI is InChI=1S/C23H28N2O4S/c1-17(2)15-25-20-14-19(10-11-21(20)29-16-23(3,4)22(25)26)24-30(27,28)13-12-18-8-6-5-7-9-18/h5-14,17,24H,15-16H2,1-4H3/b13-12+. The van der Waals surface area contributed by atoms with Gasteiger partial charge in [0.15, 0.2) is 0 Å². The molecule has 0 aromatic heterocycles. The number of nitrogens with one attached hydrogen (secondary N) is 1. The van der Waals surface area contributed by atoms with Gasteiger partial charge in [-0.2, -0.15) is 0 Å². The number of carbonyl (C=O) groups excluding carboxylic acids is 1. The molecule has 1 N–H and O–H groups in total. The Labute approximate surface area is 178 Å². The monoisotopic (exact) mass is 428 g/mol. The van der Waals surface area contributed by atoms with Crippen LogP contribution in [0.25, 0.3) is 6.08 Å². The third-order valence-corrected chi connectivity index (χ3v) is 5.72. The quantitative estimate of drug-likeness (QED) is 0.735. The van der Waals surface area contributed by atoms with E-state index in [4.69, 9.17) is 4.74 Å². The van der Waals surface area contributed by atoms with Crippen LogP contribution >= 0.6 is 0 Å². The Balaban J connectivity index is 1.90. The average Bonchev–Trinajstić information content (AvgIpc) is 2.77. The van der Waals surface area contributed by atoms with Gasteiger partial charge in [0.2, 0.25) is 5.91 Å². The fourth-order valence-electron chi connectivity index (χ4n) is 3.19. The summed E-state index contributed by atoms with van der Waals surface area (Å²) in [6.07, 6.45) is 1.53. The van der Waals surface area contributed by atoms with Crippen molar-refractivity contribution in [2.75, 3.05) is 22.8 Å². The number of nitrogens with zero attached hydrogens (tertiary/aromatic N) is 1. The largest absolute Gasteiger partial charge is 0.490 e. The predicted molar refractivity (Wildman–Crippen MR) is 121 cm³/mol. The van der Waals surface area contributed by atoms with E-state index in [9.17, 15) is 13.2 Å². The van der Waals surface area contributed by atoms with Crippen molar-refractivity contribution in [1.29, 1.82) is 0 Å². The summed E-state index contributed by atoms with van der Waals surface area (Å²) in [4.78, 5) is 14.8. The highest BCUT2D eigenvalue weighted by molar-refractivity contribution is 7.95. The Morgan fingerprint density at radius 3 is 2.53 bits per heavy atom. The third kappa shape index (κ3) is 5.21. The molecule has 0 saturated carbocycles. The molecule has 1 aliphatic heterocycles. The summed E-state index contributed by atoms with van der Waals surface area (Å²) >= 11 is 0. The first kappa shape index (κ1) is 21.9. The van der Waals surface area contributed by atoms with Crippen molar-refractivity contribution in [3.05, 3.63) is 59.5 Å². The maximum atomic E-state index is 13.1. The fraction of sp³-hybridized carbons (Fsp3) is 0.348. The molecule has 2 aromatic carbocycles. The van der Waals surface area contributed by atoms with Gasteiger partial charge in [0.25, 0.3) is 10.0 Å². The Bertz CT molecular complexity index is 1040. The van der Waals surface area contributed by atoms with Crippen LogP contribution in [-0.4, -0.2) is 27.5 Å². The summed E-state index contributed by atoms with van der Waals surface area (Å²) < 4.78 is 33.5. The van der Waals surface area contributed by atoms with Crippen molar-refractivity contribution in [3.63, 3.8) is 0 Å². The summed E-state index contributed by atoms with van der Waals surface area (Å²) in [7, 11) is -3.72. The second-order valence-corrected chi connectivity index (χ2v) is 10.1. The average molecular weight is 429 g/mol. The summed E-state index contributed by atoms with van der Waals surface area (Å²) in [6.45, 7) is 8.55. The zero-order chi connectivity index (χ0) is 21.9. The van der Waals surface area contributed by atoms with E-state index >= 15 is 0 Å². The zero-order valence-electron chi connectivity index (χ0n) is 17.8. The van der Waals surface area contributed by atoms with Gasteiger partial charge >= 0.3 is 0 Å². The van der Waals surface area contributed by atoms with E-state index < -0.39 is 15.4 Å². The Hall–Kier alpha value is -2.80. The van der Waals surface area contributed by atoms with Crippen molar-refractivity contribution >= 4 is 33.4 Å². The van der Waals surface area contributed by atoms with Gasteiger partial charge in [-0.25, -0.2) is 8.42 Å². The van der Waals surface area contributed by atoms with Gasteiger partial charge in [-0.05, 0) is 49.6 Å². The lowest BCUT2D eigenvalue weighted by atomic mass is 9.92. The number of rotatable bonds is 6. The summed E-state index contributed by atoms with van der Waals surface area (Å²) in [6, 6.07) is 14.2. The first-order chi connectivity index (χ1) is 14.1. The molecule has 160 valence electrons. The maximum absolute atomic E-state index is 13.1. The molecule has 1 aliphatic rings. The molecule has 2 aromatic rings. The molecule has 7 heteroatoms. The van der Waals surface area contributed by atoms with E-state index in [0.717, 1.165) is 11.0 Å². The molecule has 3 rings (SSSR count). The fourth-order valence-corrected chi connectivity index (χ4v) is 4.05. The molecule has 0 atom stereocenters. The number of benzene rings is 2. The zero-order valence-corrected chi connectivity index (χ0v) is 18.6. The maximum Gasteiger partial charge on any atom is 0.255 e. The lowest BCUT2D eigenvalue weighted by molar-refractivity contribution is -0.127. The van der Waals surface area contributed by atoms with Crippen LogP contribution in [0.1, 0.15) is 33.3 Å². The number of anilines is 2. The van der Waals surface area contributed by atoms with E-state index in [1.54, 1.807) is 23.1 Å². The number of hydrogen-bond acceptors (Lipinski definition) is 4. The molecule has 0 saturated heterocycles. The van der Waals surface area contributed by atoms with Gasteiger partial charge in [0, 0.05) is 6.54 Å². The van der Waals surface area contributed by atoms with Crippen LogP contribution in [0.3, 0.4) is 0 Å². The lowest BCUT2D eigenvalue weighted by Crippen LogP contribution is -2.43. The van der Waals surface area contributed by atoms with Crippen LogP contribution in [0.4, 0.5) is 11.4 Å². The number of hydrogen-bond donors (Lipinski definition) is 1. The minimum Gasteiger partial charge on any atom is -0.490 e. The normalized spacial score (nSPS) is 16.3. The highest BCUT2D eigenvalue weighted by atomic mass is 32.2. The lowest BCUT2D eigenvalue weighted by Gasteiger charge is -2.29. The summed E-state index contributed by atoms with van der Waals surface area (Å²) in [5.74, 6) is 0.765. The second kappa shape index (κ2) is 8.52. The number of ether oxygens (including phenoxy) is 1. The molecule has 1 amide bonds. The van der Waals surface area contributed by atoms with Crippen molar-refractivity contribution in [1.82, 2.24) is 0 Å².